The molecule has 0 saturated carbocycles. The Bertz CT molecular complexity index is 1450. The standard InChI is InChI=1S/C28H37N9O2/c1-6-37-17-23(27(34-37)39-7-2)32-28-30-15-18(3)24(33-28)21-16-29-25-20(21)9-8-10-22(25)31-26(38)19(4)36-13-11-35(5)12-14-36/h8-10,15-17,19,29H,6-7,11-14H2,1-5H3,(H,31,38)(H,30,32,33). The maximum absolute atomic E-state index is 13.2. The van der Waals surface area contributed by atoms with Crippen LogP contribution in [0, 0.1) is 6.92 Å². The van der Waals surface area contributed by atoms with E-state index in [1.165, 1.54) is 0 Å². The monoisotopic (exact) mass is 531 g/mol. The quantitative estimate of drug-likeness (QED) is 0.298. The predicted molar refractivity (Wildman–Crippen MR) is 154 cm³/mol. The second-order valence-corrected chi connectivity index (χ2v) is 9.92. The topological polar surface area (TPSA) is 116 Å². The average Bonchev–Trinajstić information content (AvgIpc) is 3.54. The van der Waals surface area contributed by atoms with Gasteiger partial charge in [0.15, 0.2) is 0 Å². The molecule has 1 aliphatic rings. The van der Waals surface area contributed by atoms with Gasteiger partial charge in [0.25, 0.3) is 5.88 Å². The average molecular weight is 532 g/mol. The number of piperazine rings is 1. The molecule has 11 nitrogen and oxygen atoms in total. The molecule has 1 saturated heterocycles. The van der Waals surface area contributed by atoms with E-state index in [0.29, 0.717) is 24.1 Å². The summed E-state index contributed by atoms with van der Waals surface area (Å²) in [5, 5.41) is 11.8. The van der Waals surface area contributed by atoms with Gasteiger partial charge in [-0.2, -0.15) is 0 Å². The molecule has 1 atom stereocenters. The minimum atomic E-state index is -0.209. The van der Waals surface area contributed by atoms with E-state index in [9.17, 15) is 4.79 Å². The molecule has 39 heavy (non-hydrogen) atoms. The zero-order chi connectivity index (χ0) is 27.5. The molecular weight excluding hydrogens is 494 g/mol. The summed E-state index contributed by atoms with van der Waals surface area (Å²) >= 11 is 0. The number of carbonyl (C=O) groups is 1. The fourth-order valence-corrected chi connectivity index (χ4v) is 4.86. The van der Waals surface area contributed by atoms with Crippen molar-refractivity contribution >= 4 is 34.1 Å². The number of carbonyl (C=O) groups excluding carboxylic acids is 1. The first kappa shape index (κ1) is 26.6. The van der Waals surface area contributed by atoms with Gasteiger partial charge in [-0.15, -0.1) is 5.10 Å². The second kappa shape index (κ2) is 11.4. The normalized spacial score (nSPS) is 15.4. The first-order valence-corrected chi connectivity index (χ1v) is 13.5. The minimum absolute atomic E-state index is 0.00867. The molecule has 0 bridgehead atoms. The molecule has 0 aliphatic carbocycles. The smallest absolute Gasteiger partial charge is 0.256 e. The maximum Gasteiger partial charge on any atom is 0.256 e. The summed E-state index contributed by atoms with van der Waals surface area (Å²) in [5.74, 6) is 0.959. The van der Waals surface area contributed by atoms with Crippen molar-refractivity contribution in [2.75, 3.05) is 50.5 Å². The number of nitrogens with one attached hydrogen (secondary N) is 3. The Labute approximate surface area is 228 Å². The Kier molecular flexibility index (Phi) is 7.80. The third-order valence-electron chi connectivity index (χ3n) is 7.24. The lowest BCUT2D eigenvalue weighted by molar-refractivity contribution is -0.121. The van der Waals surface area contributed by atoms with Gasteiger partial charge >= 0.3 is 0 Å². The number of hydrogen-bond donors (Lipinski definition) is 3. The number of para-hydroxylation sites is 1. The van der Waals surface area contributed by atoms with Crippen molar-refractivity contribution in [1.29, 1.82) is 0 Å². The molecule has 1 aromatic carbocycles. The Hall–Kier alpha value is -3.96. The number of hydrogen-bond acceptors (Lipinski definition) is 8. The lowest BCUT2D eigenvalue weighted by Crippen LogP contribution is -2.51. The van der Waals surface area contributed by atoms with Crippen LogP contribution >= 0.6 is 0 Å². The Morgan fingerprint density at radius 1 is 1.18 bits per heavy atom. The van der Waals surface area contributed by atoms with Crippen LogP contribution in [0.25, 0.3) is 22.2 Å². The summed E-state index contributed by atoms with van der Waals surface area (Å²) in [6.45, 7) is 12.9. The number of benzene rings is 1. The second-order valence-electron chi connectivity index (χ2n) is 9.92. The molecule has 0 radical (unpaired) electrons. The zero-order valence-corrected chi connectivity index (χ0v) is 23.3. The summed E-state index contributed by atoms with van der Waals surface area (Å²) < 4.78 is 7.49. The number of likely N-dealkylation sites (N-methyl/N-ethyl adjacent to an activating group) is 1. The molecular formula is C28H37N9O2. The van der Waals surface area contributed by atoms with Crippen molar-refractivity contribution < 1.29 is 9.53 Å². The van der Waals surface area contributed by atoms with Crippen molar-refractivity contribution in [3.8, 4) is 17.1 Å². The van der Waals surface area contributed by atoms with E-state index < -0.39 is 0 Å². The van der Waals surface area contributed by atoms with E-state index in [1.807, 2.05) is 63.0 Å². The molecule has 5 rings (SSSR count). The largest absolute Gasteiger partial charge is 0.475 e. The lowest BCUT2D eigenvalue weighted by Gasteiger charge is -2.35. The molecule has 0 spiro atoms. The van der Waals surface area contributed by atoms with E-state index in [0.717, 1.165) is 66.1 Å². The highest BCUT2D eigenvalue weighted by atomic mass is 16.5. The third-order valence-corrected chi connectivity index (χ3v) is 7.24. The molecule has 4 aromatic rings. The highest BCUT2D eigenvalue weighted by Crippen LogP contribution is 2.34. The van der Waals surface area contributed by atoms with Crippen LogP contribution in [0.5, 0.6) is 5.88 Å². The number of anilines is 3. The lowest BCUT2D eigenvalue weighted by atomic mass is 10.1. The van der Waals surface area contributed by atoms with Crippen LogP contribution in [0.4, 0.5) is 17.3 Å². The van der Waals surface area contributed by atoms with Crippen molar-refractivity contribution in [2.45, 2.75) is 40.3 Å². The van der Waals surface area contributed by atoms with Gasteiger partial charge in [0.2, 0.25) is 11.9 Å². The number of rotatable bonds is 9. The fraction of sp³-hybridized carbons (Fsp3) is 0.429. The van der Waals surface area contributed by atoms with Gasteiger partial charge in [0, 0.05) is 56.1 Å². The van der Waals surface area contributed by atoms with Gasteiger partial charge < -0.3 is 25.3 Å². The summed E-state index contributed by atoms with van der Waals surface area (Å²) in [6, 6.07) is 5.71. The maximum atomic E-state index is 13.2. The van der Waals surface area contributed by atoms with Crippen LogP contribution in [0.1, 0.15) is 26.3 Å². The molecule has 1 fully saturated rings. The molecule has 1 amide bonds. The van der Waals surface area contributed by atoms with Gasteiger partial charge in [-0.25, -0.2) is 9.97 Å². The Morgan fingerprint density at radius 2 is 1.97 bits per heavy atom. The number of amides is 1. The number of fused-ring (bicyclic) bond motifs is 1. The van der Waals surface area contributed by atoms with Crippen LogP contribution in [0.15, 0.2) is 36.8 Å². The summed E-state index contributed by atoms with van der Waals surface area (Å²) in [4.78, 5) is 30.4. The van der Waals surface area contributed by atoms with Crippen LogP contribution < -0.4 is 15.4 Å². The van der Waals surface area contributed by atoms with E-state index >= 15 is 0 Å². The van der Waals surface area contributed by atoms with Gasteiger partial charge in [-0.05, 0) is 46.4 Å². The Balaban J connectivity index is 1.40. The minimum Gasteiger partial charge on any atom is -0.475 e. The van der Waals surface area contributed by atoms with Crippen LogP contribution in [-0.4, -0.2) is 86.3 Å². The Morgan fingerprint density at radius 3 is 2.72 bits per heavy atom. The fourth-order valence-electron chi connectivity index (χ4n) is 4.86. The summed E-state index contributed by atoms with van der Waals surface area (Å²) in [5.41, 5.74) is 5.00. The van der Waals surface area contributed by atoms with E-state index in [1.54, 1.807) is 6.20 Å². The first-order valence-electron chi connectivity index (χ1n) is 13.5. The summed E-state index contributed by atoms with van der Waals surface area (Å²) in [6.07, 6.45) is 5.62. The molecule has 1 aliphatic heterocycles. The van der Waals surface area contributed by atoms with Crippen LogP contribution in [-0.2, 0) is 11.3 Å². The number of ether oxygens (including phenoxy) is 1. The number of aromatic nitrogens is 5. The van der Waals surface area contributed by atoms with Gasteiger partial charge in [-0.1, -0.05) is 12.1 Å². The van der Waals surface area contributed by atoms with Crippen molar-refractivity contribution in [3.05, 3.63) is 42.4 Å². The van der Waals surface area contributed by atoms with Gasteiger partial charge in [-0.3, -0.25) is 14.4 Å². The number of H-pyrrole nitrogens is 1. The number of aryl methyl sites for hydroxylation is 2. The molecule has 206 valence electrons. The van der Waals surface area contributed by atoms with Gasteiger partial charge in [0.05, 0.1) is 35.7 Å². The van der Waals surface area contributed by atoms with Crippen molar-refractivity contribution in [2.24, 2.45) is 0 Å². The van der Waals surface area contributed by atoms with Crippen molar-refractivity contribution in [3.63, 3.8) is 0 Å². The molecule has 1 unspecified atom stereocenters. The zero-order valence-electron chi connectivity index (χ0n) is 23.3. The predicted octanol–water partition coefficient (Wildman–Crippen LogP) is 3.87. The summed E-state index contributed by atoms with van der Waals surface area (Å²) in [7, 11) is 2.11. The van der Waals surface area contributed by atoms with E-state index in [2.05, 4.69) is 42.5 Å². The van der Waals surface area contributed by atoms with Crippen LogP contribution in [0.2, 0.25) is 0 Å². The molecule has 4 heterocycles. The number of aromatic amines is 1. The molecule has 3 N–H and O–H groups in total. The first-order chi connectivity index (χ1) is 18.9. The van der Waals surface area contributed by atoms with Crippen LogP contribution in [0.3, 0.4) is 0 Å². The highest BCUT2D eigenvalue weighted by Gasteiger charge is 2.25. The highest BCUT2D eigenvalue weighted by molar-refractivity contribution is 6.06. The van der Waals surface area contributed by atoms with E-state index in [4.69, 9.17) is 9.72 Å². The molecule has 3 aromatic heterocycles. The number of nitrogens with zero attached hydrogens (tertiary/aromatic N) is 6. The van der Waals surface area contributed by atoms with Gasteiger partial charge in [0.1, 0.15) is 5.69 Å². The SMILES string of the molecule is CCOc1nn(CC)cc1Nc1ncc(C)c(-c2c[nH]c3c(NC(=O)C(C)N4CCN(C)CC4)cccc23)n1. The van der Waals surface area contributed by atoms with E-state index in [-0.39, 0.29) is 11.9 Å². The third kappa shape index (κ3) is 5.59. The molecule has 11 heteroatoms. The van der Waals surface area contributed by atoms with Crippen molar-refractivity contribution in [1.82, 2.24) is 34.5 Å².